The summed E-state index contributed by atoms with van der Waals surface area (Å²) in [5, 5.41) is 0. The summed E-state index contributed by atoms with van der Waals surface area (Å²) >= 11 is 0. The molecule has 0 N–H and O–H groups in total. The molecular formula is C12H16N2. The predicted molar refractivity (Wildman–Crippen MR) is 58.8 cm³/mol. The van der Waals surface area contributed by atoms with Gasteiger partial charge in [0.2, 0.25) is 0 Å². The number of hydrogen-bond donors (Lipinski definition) is 0. The molecule has 2 heteroatoms. The molecule has 0 spiro atoms. The first-order chi connectivity index (χ1) is 6.59. The minimum atomic E-state index is 0.521. The van der Waals surface area contributed by atoms with E-state index in [2.05, 4.69) is 55.4 Å². The van der Waals surface area contributed by atoms with Crippen molar-refractivity contribution in [3.63, 3.8) is 0 Å². The lowest BCUT2D eigenvalue weighted by atomic mass is 10.1. The standard InChI is InChI=1S/C12H16N2/c1-8(2)12-10(4)13-11-7-9(3)5-6-14(11)12/h5-8H,1-4H3. The van der Waals surface area contributed by atoms with Crippen molar-refractivity contribution in [1.82, 2.24) is 9.38 Å². The quantitative estimate of drug-likeness (QED) is 0.672. The van der Waals surface area contributed by atoms with Gasteiger partial charge in [0, 0.05) is 11.9 Å². The Bertz CT molecular complexity index is 466. The Morgan fingerprint density at radius 1 is 1.29 bits per heavy atom. The van der Waals surface area contributed by atoms with E-state index in [1.807, 2.05) is 0 Å². The van der Waals surface area contributed by atoms with Gasteiger partial charge in [-0.05, 0) is 37.5 Å². The lowest BCUT2D eigenvalue weighted by Gasteiger charge is -2.06. The Kier molecular flexibility index (Phi) is 2.06. The van der Waals surface area contributed by atoms with Crippen molar-refractivity contribution in [2.24, 2.45) is 0 Å². The van der Waals surface area contributed by atoms with Gasteiger partial charge < -0.3 is 4.40 Å². The second-order valence-corrected chi connectivity index (χ2v) is 4.17. The van der Waals surface area contributed by atoms with Gasteiger partial charge in [0.15, 0.2) is 0 Å². The number of aryl methyl sites for hydroxylation is 2. The third-order valence-electron chi connectivity index (χ3n) is 2.55. The Labute approximate surface area is 84.6 Å². The Morgan fingerprint density at radius 2 is 2.00 bits per heavy atom. The monoisotopic (exact) mass is 188 g/mol. The van der Waals surface area contributed by atoms with Crippen LogP contribution in [0, 0.1) is 13.8 Å². The molecule has 0 aliphatic heterocycles. The highest BCUT2D eigenvalue weighted by atomic mass is 15.0. The maximum Gasteiger partial charge on any atom is 0.137 e. The third kappa shape index (κ3) is 1.31. The Morgan fingerprint density at radius 3 is 2.64 bits per heavy atom. The lowest BCUT2D eigenvalue weighted by molar-refractivity contribution is 0.798. The molecule has 0 aliphatic carbocycles. The molecule has 0 saturated carbocycles. The lowest BCUT2D eigenvalue weighted by Crippen LogP contribution is -1.96. The van der Waals surface area contributed by atoms with Crippen molar-refractivity contribution in [3.05, 3.63) is 35.3 Å². The van der Waals surface area contributed by atoms with Crippen molar-refractivity contribution in [2.45, 2.75) is 33.6 Å². The zero-order valence-corrected chi connectivity index (χ0v) is 9.20. The van der Waals surface area contributed by atoms with Crippen LogP contribution >= 0.6 is 0 Å². The molecule has 0 aliphatic rings. The molecule has 0 saturated heterocycles. The number of hydrogen-bond acceptors (Lipinski definition) is 1. The summed E-state index contributed by atoms with van der Waals surface area (Å²) in [4.78, 5) is 4.56. The number of pyridine rings is 1. The molecule has 0 bridgehead atoms. The van der Waals surface area contributed by atoms with E-state index in [4.69, 9.17) is 0 Å². The summed E-state index contributed by atoms with van der Waals surface area (Å²) < 4.78 is 2.19. The number of aromatic nitrogens is 2. The van der Waals surface area contributed by atoms with Gasteiger partial charge in [-0.1, -0.05) is 13.8 Å². The van der Waals surface area contributed by atoms with Gasteiger partial charge in [0.05, 0.1) is 5.69 Å². The SMILES string of the molecule is Cc1ccn2c(C(C)C)c(C)nc2c1. The Hall–Kier alpha value is -1.31. The summed E-state index contributed by atoms with van der Waals surface area (Å²) in [7, 11) is 0. The number of fused-ring (bicyclic) bond motifs is 1. The minimum Gasteiger partial charge on any atom is -0.304 e. The van der Waals surface area contributed by atoms with Gasteiger partial charge in [-0.2, -0.15) is 0 Å². The normalized spacial score (nSPS) is 11.5. The highest BCUT2D eigenvalue weighted by molar-refractivity contribution is 5.46. The van der Waals surface area contributed by atoms with Crippen molar-refractivity contribution in [1.29, 1.82) is 0 Å². The van der Waals surface area contributed by atoms with E-state index in [-0.39, 0.29) is 0 Å². The van der Waals surface area contributed by atoms with Gasteiger partial charge in [-0.25, -0.2) is 4.98 Å². The highest BCUT2D eigenvalue weighted by Crippen LogP contribution is 2.20. The van der Waals surface area contributed by atoms with Crippen LogP contribution in [-0.4, -0.2) is 9.38 Å². The second-order valence-electron chi connectivity index (χ2n) is 4.17. The molecule has 0 atom stereocenters. The Balaban J connectivity index is 2.77. The van der Waals surface area contributed by atoms with E-state index >= 15 is 0 Å². The fourth-order valence-corrected chi connectivity index (χ4v) is 1.98. The first-order valence-electron chi connectivity index (χ1n) is 5.05. The number of imidazole rings is 1. The molecule has 2 aromatic heterocycles. The molecule has 0 unspecified atom stereocenters. The molecular weight excluding hydrogens is 172 g/mol. The van der Waals surface area contributed by atoms with Crippen molar-refractivity contribution < 1.29 is 0 Å². The predicted octanol–water partition coefficient (Wildman–Crippen LogP) is 3.07. The van der Waals surface area contributed by atoms with Crippen LogP contribution in [0.25, 0.3) is 5.65 Å². The molecule has 0 aromatic carbocycles. The highest BCUT2D eigenvalue weighted by Gasteiger charge is 2.11. The van der Waals surface area contributed by atoms with Crippen molar-refractivity contribution >= 4 is 5.65 Å². The van der Waals surface area contributed by atoms with Crippen LogP contribution in [0.4, 0.5) is 0 Å². The first-order valence-corrected chi connectivity index (χ1v) is 5.05. The summed E-state index contributed by atoms with van der Waals surface area (Å²) in [6.45, 7) is 8.59. The maximum atomic E-state index is 4.56. The van der Waals surface area contributed by atoms with E-state index in [0.29, 0.717) is 5.92 Å². The van der Waals surface area contributed by atoms with Crippen LogP contribution < -0.4 is 0 Å². The molecule has 14 heavy (non-hydrogen) atoms. The zero-order chi connectivity index (χ0) is 10.3. The zero-order valence-electron chi connectivity index (χ0n) is 9.20. The molecule has 0 fully saturated rings. The van der Waals surface area contributed by atoms with Crippen LogP contribution in [0.3, 0.4) is 0 Å². The summed E-state index contributed by atoms with van der Waals surface area (Å²) in [5.74, 6) is 0.521. The second kappa shape index (κ2) is 3.12. The van der Waals surface area contributed by atoms with E-state index in [1.54, 1.807) is 0 Å². The number of nitrogens with zero attached hydrogens (tertiary/aromatic N) is 2. The largest absolute Gasteiger partial charge is 0.304 e. The van der Waals surface area contributed by atoms with E-state index < -0.39 is 0 Å². The average molecular weight is 188 g/mol. The van der Waals surface area contributed by atoms with Crippen LogP contribution in [0.5, 0.6) is 0 Å². The molecule has 2 heterocycles. The van der Waals surface area contributed by atoms with Gasteiger partial charge in [-0.3, -0.25) is 0 Å². The molecule has 74 valence electrons. The van der Waals surface area contributed by atoms with E-state index in [0.717, 1.165) is 11.3 Å². The average Bonchev–Trinajstić information content (AvgIpc) is 2.39. The smallest absolute Gasteiger partial charge is 0.137 e. The fourth-order valence-electron chi connectivity index (χ4n) is 1.98. The molecule has 0 radical (unpaired) electrons. The fraction of sp³-hybridized carbons (Fsp3) is 0.417. The topological polar surface area (TPSA) is 17.3 Å². The molecule has 2 aromatic rings. The summed E-state index contributed by atoms with van der Waals surface area (Å²) in [6.07, 6.45) is 2.11. The van der Waals surface area contributed by atoms with Crippen molar-refractivity contribution in [2.75, 3.05) is 0 Å². The first kappa shape index (κ1) is 9.25. The van der Waals surface area contributed by atoms with E-state index in [1.165, 1.54) is 11.3 Å². The van der Waals surface area contributed by atoms with Crippen LogP contribution in [0.2, 0.25) is 0 Å². The summed E-state index contributed by atoms with van der Waals surface area (Å²) in [6, 6.07) is 4.25. The van der Waals surface area contributed by atoms with Crippen LogP contribution in [0.1, 0.15) is 36.7 Å². The molecule has 2 nitrogen and oxygen atoms in total. The van der Waals surface area contributed by atoms with Crippen LogP contribution in [-0.2, 0) is 0 Å². The maximum absolute atomic E-state index is 4.56. The number of rotatable bonds is 1. The van der Waals surface area contributed by atoms with Gasteiger partial charge in [0.1, 0.15) is 5.65 Å². The molecule has 2 rings (SSSR count). The summed E-state index contributed by atoms with van der Waals surface area (Å²) in [5.41, 5.74) is 4.79. The van der Waals surface area contributed by atoms with E-state index in [9.17, 15) is 0 Å². The molecule has 0 amide bonds. The van der Waals surface area contributed by atoms with Gasteiger partial charge in [0.25, 0.3) is 0 Å². The third-order valence-corrected chi connectivity index (χ3v) is 2.55. The van der Waals surface area contributed by atoms with Crippen LogP contribution in [0.15, 0.2) is 18.3 Å². The minimum absolute atomic E-state index is 0.521. The van der Waals surface area contributed by atoms with Gasteiger partial charge in [-0.15, -0.1) is 0 Å². The van der Waals surface area contributed by atoms with Gasteiger partial charge >= 0.3 is 0 Å². The van der Waals surface area contributed by atoms with Crippen molar-refractivity contribution in [3.8, 4) is 0 Å².